The van der Waals surface area contributed by atoms with Crippen LogP contribution in [0.3, 0.4) is 0 Å². The standard InChI is InChI=1S/C9H20O/c1-6-9(5,10)7-8(2,3)4/h10H,6-7H2,1-5H3. The Morgan fingerprint density at radius 2 is 1.50 bits per heavy atom. The van der Waals surface area contributed by atoms with Crippen LogP contribution in [0.5, 0.6) is 0 Å². The van der Waals surface area contributed by atoms with E-state index in [1.165, 1.54) is 0 Å². The highest BCUT2D eigenvalue weighted by atomic mass is 16.3. The average molecular weight is 144 g/mol. The minimum atomic E-state index is -0.474. The van der Waals surface area contributed by atoms with Crippen LogP contribution in [0.1, 0.15) is 47.5 Å². The van der Waals surface area contributed by atoms with Gasteiger partial charge in [-0.3, -0.25) is 0 Å². The molecule has 0 heterocycles. The maximum atomic E-state index is 9.66. The molecule has 0 saturated carbocycles. The molecule has 1 atom stereocenters. The van der Waals surface area contributed by atoms with Crippen LogP contribution >= 0.6 is 0 Å². The van der Waals surface area contributed by atoms with Crippen LogP contribution in [-0.2, 0) is 0 Å². The van der Waals surface area contributed by atoms with Crippen molar-refractivity contribution in [2.24, 2.45) is 5.41 Å². The van der Waals surface area contributed by atoms with Crippen LogP contribution in [0, 0.1) is 5.41 Å². The normalized spacial score (nSPS) is 18.6. The summed E-state index contributed by atoms with van der Waals surface area (Å²) in [5.41, 5.74) is -0.238. The maximum absolute atomic E-state index is 9.66. The van der Waals surface area contributed by atoms with Gasteiger partial charge in [-0.25, -0.2) is 0 Å². The molecule has 0 spiro atoms. The topological polar surface area (TPSA) is 20.2 Å². The molecule has 0 bridgehead atoms. The number of aliphatic hydroxyl groups is 1. The SMILES string of the molecule is CCC(C)(O)CC(C)(C)C. The van der Waals surface area contributed by atoms with Crippen molar-refractivity contribution in [3.05, 3.63) is 0 Å². The monoisotopic (exact) mass is 144 g/mol. The van der Waals surface area contributed by atoms with Crippen molar-refractivity contribution in [1.82, 2.24) is 0 Å². The first-order chi connectivity index (χ1) is 4.27. The van der Waals surface area contributed by atoms with Crippen molar-refractivity contribution >= 4 is 0 Å². The Hall–Kier alpha value is -0.0400. The molecule has 1 heteroatoms. The lowest BCUT2D eigenvalue weighted by atomic mass is 9.82. The van der Waals surface area contributed by atoms with E-state index in [9.17, 15) is 5.11 Å². The Kier molecular flexibility index (Phi) is 2.90. The van der Waals surface area contributed by atoms with E-state index in [4.69, 9.17) is 0 Å². The van der Waals surface area contributed by atoms with E-state index in [0.717, 1.165) is 12.8 Å². The Labute approximate surface area is 64.5 Å². The second-order valence-electron chi connectivity index (χ2n) is 4.59. The molecule has 0 aliphatic rings. The zero-order valence-electron chi connectivity index (χ0n) is 7.86. The van der Waals surface area contributed by atoms with Crippen LogP contribution in [0.15, 0.2) is 0 Å². The van der Waals surface area contributed by atoms with Crippen LogP contribution in [-0.4, -0.2) is 10.7 Å². The summed E-state index contributed by atoms with van der Waals surface area (Å²) in [6, 6.07) is 0. The molecule has 1 N–H and O–H groups in total. The van der Waals surface area contributed by atoms with E-state index >= 15 is 0 Å². The summed E-state index contributed by atoms with van der Waals surface area (Å²) >= 11 is 0. The van der Waals surface area contributed by atoms with Gasteiger partial charge in [0.1, 0.15) is 0 Å². The van der Waals surface area contributed by atoms with Crippen LogP contribution < -0.4 is 0 Å². The van der Waals surface area contributed by atoms with E-state index in [0.29, 0.717) is 0 Å². The smallest absolute Gasteiger partial charge is 0.0622 e. The summed E-state index contributed by atoms with van der Waals surface area (Å²) < 4.78 is 0. The molecule has 1 unspecified atom stereocenters. The van der Waals surface area contributed by atoms with Crippen molar-refractivity contribution in [1.29, 1.82) is 0 Å². The molecular weight excluding hydrogens is 124 g/mol. The van der Waals surface area contributed by atoms with Gasteiger partial charge < -0.3 is 5.11 Å². The van der Waals surface area contributed by atoms with Gasteiger partial charge in [-0.05, 0) is 25.2 Å². The largest absolute Gasteiger partial charge is 0.390 e. The van der Waals surface area contributed by atoms with Crippen molar-refractivity contribution in [3.63, 3.8) is 0 Å². The molecular formula is C9H20O. The van der Waals surface area contributed by atoms with Crippen LogP contribution in [0.25, 0.3) is 0 Å². The summed E-state index contributed by atoms with van der Waals surface area (Å²) in [4.78, 5) is 0. The summed E-state index contributed by atoms with van der Waals surface area (Å²) in [6.07, 6.45) is 1.71. The second-order valence-corrected chi connectivity index (χ2v) is 4.59. The molecule has 0 aliphatic carbocycles. The van der Waals surface area contributed by atoms with E-state index in [-0.39, 0.29) is 5.41 Å². The van der Waals surface area contributed by atoms with Gasteiger partial charge in [0.15, 0.2) is 0 Å². The highest BCUT2D eigenvalue weighted by Gasteiger charge is 2.25. The van der Waals surface area contributed by atoms with Gasteiger partial charge in [0, 0.05) is 0 Å². The van der Waals surface area contributed by atoms with Crippen LogP contribution in [0.2, 0.25) is 0 Å². The molecule has 0 rings (SSSR count). The van der Waals surface area contributed by atoms with E-state index < -0.39 is 5.60 Å². The maximum Gasteiger partial charge on any atom is 0.0622 e. The Morgan fingerprint density at radius 3 is 1.60 bits per heavy atom. The number of rotatable bonds is 2. The molecule has 10 heavy (non-hydrogen) atoms. The third-order valence-electron chi connectivity index (χ3n) is 1.67. The highest BCUT2D eigenvalue weighted by molar-refractivity contribution is 4.77. The van der Waals surface area contributed by atoms with Gasteiger partial charge in [-0.1, -0.05) is 27.7 Å². The van der Waals surface area contributed by atoms with Crippen molar-refractivity contribution in [2.75, 3.05) is 0 Å². The molecule has 0 aromatic carbocycles. The van der Waals surface area contributed by atoms with E-state index in [2.05, 4.69) is 20.8 Å². The molecule has 0 amide bonds. The second kappa shape index (κ2) is 2.91. The zero-order chi connectivity index (χ0) is 8.41. The highest BCUT2D eigenvalue weighted by Crippen LogP contribution is 2.28. The fraction of sp³-hybridized carbons (Fsp3) is 1.00. The predicted octanol–water partition coefficient (Wildman–Crippen LogP) is 2.58. The molecule has 0 fully saturated rings. The summed E-state index contributed by atoms with van der Waals surface area (Å²) in [6.45, 7) is 10.4. The zero-order valence-corrected chi connectivity index (χ0v) is 7.86. The number of hydrogen-bond acceptors (Lipinski definition) is 1. The Morgan fingerprint density at radius 1 is 1.10 bits per heavy atom. The Bertz CT molecular complexity index is 97.8. The van der Waals surface area contributed by atoms with Gasteiger partial charge in [0.25, 0.3) is 0 Å². The molecule has 0 radical (unpaired) electrons. The van der Waals surface area contributed by atoms with Gasteiger partial charge in [-0.15, -0.1) is 0 Å². The number of hydrogen-bond donors (Lipinski definition) is 1. The summed E-state index contributed by atoms with van der Waals surface area (Å²) in [7, 11) is 0. The average Bonchev–Trinajstić information content (AvgIpc) is 1.60. The van der Waals surface area contributed by atoms with Gasteiger partial charge in [-0.2, -0.15) is 0 Å². The molecule has 0 aliphatic heterocycles. The van der Waals surface area contributed by atoms with Crippen molar-refractivity contribution in [3.8, 4) is 0 Å². The predicted molar refractivity (Wildman–Crippen MR) is 45.0 cm³/mol. The van der Waals surface area contributed by atoms with Gasteiger partial charge in [0.2, 0.25) is 0 Å². The molecule has 1 nitrogen and oxygen atoms in total. The quantitative estimate of drug-likeness (QED) is 0.631. The third-order valence-corrected chi connectivity index (χ3v) is 1.67. The van der Waals surface area contributed by atoms with Gasteiger partial charge in [0.05, 0.1) is 5.60 Å². The Balaban J connectivity index is 3.89. The lowest BCUT2D eigenvalue weighted by Gasteiger charge is -2.29. The lowest BCUT2D eigenvalue weighted by molar-refractivity contribution is 0.0158. The van der Waals surface area contributed by atoms with Crippen molar-refractivity contribution in [2.45, 2.75) is 53.1 Å². The fourth-order valence-electron chi connectivity index (χ4n) is 1.27. The lowest BCUT2D eigenvalue weighted by Crippen LogP contribution is -2.29. The summed E-state index contributed by atoms with van der Waals surface area (Å²) in [5, 5.41) is 9.66. The molecule has 0 aromatic heterocycles. The minimum absolute atomic E-state index is 0.236. The fourth-order valence-corrected chi connectivity index (χ4v) is 1.27. The molecule has 0 aromatic rings. The first-order valence-electron chi connectivity index (χ1n) is 3.99. The third kappa shape index (κ3) is 4.80. The summed E-state index contributed by atoms with van der Waals surface area (Å²) in [5.74, 6) is 0. The van der Waals surface area contributed by atoms with E-state index in [1.807, 2.05) is 13.8 Å². The van der Waals surface area contributed by atoms with E-state index in [1.54, 1.807) is 0 Å². The first-order valence-corrected chi connectivity index (χ1v) is 3.99. The van der Waals surface area contributed by atoms with Crippen LogP contribution in [0.4, 0.5) is 0 Å². The van der Waals surface area contributed by atoms with Crippen molar-refractivity contribution < 1.29 is 5.11 Å². The van der Waals surface area contributed by atoms with Gasteiger partial charge >= 0.3 is 0 Å². The molecule has 62 valence electrons. The first kappa shape index (κ1) is 9.96. The minimum Gasteiger partial charge on any atom is -0.390 e. The molecule has 0 saturated heterocycles.